The van der Waals surface area contributed by atoms with Gasteiger partial charge < -0.3 is 14.2 Å². The van der Waals surface area contributed by atoms with Crippen molar-refractivity contribution in [1.82, 2.24) is 0 Å². The molecule has 1 heterocycles. The number of rotatable bonds is 3. The zero-order valence-corrected chi connectivity index (χ0v) is 6.99. The highest BCUT2D eigenvalue weighted by atomic mass is 16.7. The van der Waals surface area contributed by atoms with Gasteiger partial charge in [0.1, 0.15) is 12.9 Å². The molecular formula is C8H12O4. The molecule has 0 bridgehead atoms. The summed E-state index contributed by atoms with van der Waals surface area (Å²) in [6, 6.07) is 0. The third kappa shape index (κ3) is 3.02. The van der Waals surface area contributed by atoms with Crippen LogP contribution in [0, 0.1) is 0 Å². The molecule has 0 amide bonds. The predicted molar refractivity (Wildman–Crippen MR) is 41.5 cm³/mol. The number of hydrogen-bond acceptors (Lipinski definition) is 4. The van der Waals surface area contributed by atoms with Crippen LogP contribution in [0.3, 0.4) is 0 Å². The first-order valence-electron chi connectivity index (χ1n) is 3.87. The van der Waals surface area contributed by atoms with Crippen LogP contribution in [0.2, 0.25) is 0 Å². The zero-order chi connectivity index (χ0) is 8.81. The highest BCUT2D eigenvalue weighted by Gasteiger charge is 2.12. The largest absolute Gasteiger partial charge is 0.463 e. The van der Waals surface area contributed by atoms with Crippen LogP contribution >= 0.6 is 0 Å². The second-order valence-corrected chi connectivity index (χ2v) is 2.30. The standard InChI is InChI=1S/C8H12O4/c1-2-11-8(9)4-3-7-5-10-6-12-7/h3-4,7H,2,5-6H2,1H3/b4-3-. The molecule has 1 rings (SSSR count). The molecule has 1 atom stereocenters. The van der Waals surface area contributed by atoms with Crippen molar-refractivity contribution in [3.8, 4) is 0 Å². The van der Waals surface area contributed by atoms with E-state index in [2.05, 4.69) is 4.74 Å². The Morgan fingerprint density at radius 1 is 1.75 bits per heavy atom. The van der Waals surface area contributed by atoms with Crippen molar-refractivity contribution in [3.63, 3.8) is 0 Å². The van der Waals surface area contributed by atoms with Gasteiger partial charge >= 0.3 is 5.97 Å². The number of ether oxygens (including phenoxy) is 3. The average molecular weight is 172 g/mol. The third-order valence-electron chi connectivity index (χ3n) is 1.38. The van der Waals surface area contributed by atoms with Crippen LogP contribution in [0.1, 0.15) is 6.92 Å². The topological polar surface area (TPSA) is 44.8 Å². The van der Waals surface area contributed by atoms with Crippen molar-refractivity contribution in [1.29, 1.82) is 0 Å². The summed E-state index contributed by atoms with van der Waals surface area (Å²) in [6.45, 7) is 2.97. The molecule has 0 aromatic carbocycles. The van der Waals surface area contributed by atoms with E-state index in [0.29, 0.717) is 20.0 Å². The van der Waals surface area contributed by atoms with Crippen LogP contribution in [-0.4, -0.2) is 32.1 Å². The van der Waals surface area contributed by atoms with Gasteiger partial charge in [0.2, 0.25) is 0 Å². The van der Waals surface area contributed by atoms with Crippen molar-refractivity contribution in [3.05, 3.63) is 12.2 Å². The van der Waals surface area contributed by atoms with Crippen LogP contribution in [0.25, 0.3) is 0 Å². The van der Waals surface area contributed by atoms with Gasteiger partial charge in [-0.1, -0.05) is 0 Å². The molecule has 0 saturated carbocycles. The van der Waals surface area contributed by atoms with E-state index in [9.17, 15) is 4.79 Å². The SMILES string of the molecule is CCOC(=O)/C=C\C1COCO1. The smallest absolute Gasteiger partial charge is 0.330 e. The molecule has 0 aromatic rings. The summed E-state index contributed by atoms with van der Waals surface area (Å²) in [4.78, 5) is 10.8. The summed E-state index contributed by atoms with van der Waals surface area (Å²) in [5, 5.41) is 0. The Labute approximate surface area is 71.1 Å². The van der Waals surface area contributed by atoms with Crippen LogP contribution in [0.4, 0.5) is 0 Å². The van der Waals surface area contributed by atoms with E-state index in [1.54, 1.807) is 13.0 Å². The van der Waals surface area contributed by atoms with Gasteiger partial charge in [0.25, 0.3) is 0 Å². The molecule has 1 saturated heterocycles. The predicted octanol–water partition coefficient (Wildman–Crippen LogP) is 0.479. The maximum absolute atomic E-state index is 10.8. The van der Waals surface area contributed by atoms with Gasteiger partial charge in [0, 0.05) is 6.08 Å². The molecule has 4 nitrogen and oxygen atoms in total. The molecule has 0 radical (unpaired) electrons. The quantitative estimate of drug-likeness (QED) is 0.458. The second kappa shape index (κ2) is 4.90. The van der Waals surface area contributed by atoms with E-state index in [-0.39, 0.29) is 12.1 Å². The van der Waals surface area contributed by atoms with E-state index in [4.69, 9.17) is 9.47 Å². The van der Waals surface area contributed by atoms with Crippen LogP contribution in [0.15, 0.2) is 12.2 Å². The van der Waals surface area contributed by atoms with Crippen LogP contribution in [0.5, 0.6) is 0 Å². The summed E-state index contributed by atoms with van der Waals surface area (Å²) < 4.78 is 14.7. The van der Waals surface area contributed by atoms with E-state index < -0.39 is 0 Å². The van der Waals surface area contributed by atoms with Gasteiger partial charge in [-0.3, -0.25) is 0 Å². The molecule has 1 unspecified atom stereocenters. The van der Waals surface area contributed by atoms with Gasteiger partial charge in [-0.05, 0) is 13.0 Å². The summed E-state index contributed by atoms with van der Waals surface area (Å²) >= 11 is 0. The van der Waals surface area contributed by atoms with Crippen molar-refractivity contribution in [2.75, 3.05) is 20.0 Å². The lowest BCUT2D eigenvalue weighted by Crippen LogP contribution is -2.07. The molecule has 0 aliphatic carbocycles. The normalized spacial score (nSPS) is 23.2. The number of carbonyl (C=O) groups is 1. The number of hydrogen-bond donors (Lipinski definition) is 0. The monoisotopic (exact) mass is 172 g/mol. The summed E-state index contributed by atoms with van der Waals surface area (Å²) in [7, 11) is 0. The van der Waals surface area contributed by atoms with E-state index in [1.807, 2.05) is 0 Å². The zero-order valence-electron chi connectivity index (χ0n) is 6.99. The minimum absolute atomic E-state index is 0.102. The Morgan fingerprint density at radius 2 is 2.58 bits per heavy atom. The minimum atomic E-state index is -0.340. The number of carbonyl (C=O) groups excluding carboxylic acids is 1. The lowest BCUT2D eigenvalue weighted by atomic mass is 10.3. The minimum Gasteiger partial charge on any atom is -0.463 e. The lowest BCUT2D eigenvalue weighted by Gasteiger charge is -1.98. The van der Waals surface area contributed by atoms with Crippen LogP contribution < -0.4 is 0 Å². The molecular weight excluding hydrogens is 160 g/mol. The molecule has 0 N–H and O–H groups in total. The van der Waals surface area contributed by atoms with E-state index in [1.165, 1.54) is 6.08 Å². The third-order valence-corrected chi connectivity index (χ3v) is 1.38. The molecule has 4 heteroatoms. The second-order valence-electron chi connectivity index (χ2n) is 2.30. The maximum Gasteiger partial charge on any atom is 0.330 e. The molecule has 68 valence electrons. The first-order chi connectivity index (χ1) is 5.83. The van der Waals surface area contributed by atoms with Crippen LogP contribution in [-0.2, 0) is 19.0 Å². The number of esters is 1. The molecule has 0 spiro atoms. The highest BCUT2D eigenvalue weighted by Crippen LogP contribution is 2.03. The molecule has 1 fully saturated rings. The first kappa shape index (κ1) is 9.22. The lowest BCUT2D eigenvalue weighted by molar-refractivity contribution is -0.137. The van der Waals surface area contributed by atoms with Gasteiger partial charge in [0.05, 0.1) is 13.2 Å². The van der Waals surface area contributed by atoms with Gasteiger partial charge in [0.15, 0.2) is 0 Å². The Balaban J connectivity index is 2.23. The highest BCUT2D eigenvalue weighted by molar-refractivity contribution is 5.81. The van der Waals surface area contributed by atoms with Gasteiger partial charge in [-0.25, -0.2) is 4.79 Å². The Kier molecular flexibility index (Phi) is 3.76. The fourth-order valence-corrected chi connectivity index (χ4v) is 0.835. The van der Waals surface area contributed by atoms with Crippen molar-refractivity contribution in [2.24, 2.45) is 0 Å². The van der Waals surface area contributed by atoms with E-state index >= 15 is 0 Å². The van der Waals surface area contributed by atoms with Gasteiger partial charge in [-0.15, -0.1) is 0 Å². The van der Waals surface area contributed by atoms with Gasteiger partial charge in [-0.2, -0.15) is 0 Å². The summed E-state index contributed by atoms with van der Waals surface area (Å²) in [5.74, 6) is -0.340. The van der Waals surface area contributed by atoms with E-state index in [0.717, 1.165) is 0 Å². The summed E-state index contributed by atoms with van der Waals surface area (Å²) in [6.07, 6.45) is 2.91. The summed E-state index contributed by atoms with van der Waals surface area (Å²) in [5.41, 5.74) is 0. The van der Waals surface area contributed by atoms with Crippen molar-refractivity contribution < 1.29 is 19.0 Å². The van der Waals surface area contributed by atoms with Crippen molar-refractivity contribution >= 4 is 5.97 Å². The molecule has 1 aliphatic rings. The molecule has 1 aliphatic heterocycles. The molecule has 12 heavy (non-hydrogen) atoms. The average Bonchev–Trinajstić information content (AvgIpc) is 2.53. The molecule has 0 aromatic heterocycles. The Morgan fingerprint density at radius 3 is 3.17 bits per heavy atom. The first-order valence-corrected chi connectivity index (χ1v) is 3.87. The van der Waals surface area contributed by atoms with Crippen molar-refractivity contribution in [2.45, 2.75) is 13.0 Å². The Hall–Kier alpha value is -0.870. The Bertz CT molecular complexity index is 170. The fraction of sp³-hybridized carbons (Fsp3) is 0.625. The maximum atomic E-state index is 10.8. The fourth-order valence-electron chi connectivity index (χ4n) is 0.835.